The minimum atomic E-state index is -0.553. The maximum absolute atomic E-state index is 11.3. The zero-order chi connectivity index (χ0) is 13.8. The smallest absolute Gasteiger partial charge is 0.252 e. The summed E-state index contributed by atoms with van der Waals surface area (Å²) < 4.78 is 6.44. The molecule has 0 bridgehead atoms. The molecule has 0 aliphatic carbocycles. The van der Waals surface area contributed by atoms with E-state index in [1.807, 2.05) is 6.07 Å². The summed E-state index contributed by atoms with van der Waals surface area (Å²) in [6.07, 6.45) is 3.36. The van der Waals surface area contributed by atoms with Gasteiger partial charge in [0.15, 0.2) is 0 Å². The van der Waals surface area contributed by atoms with E-state index in [4.69, 9.17) is 16.2 Å². The fraction of sp³-hybridized carbons (Fsp3) is 0.0769. The molecule has 1 aromatic heterocycles. The summed E-state index contributed by atoms with van der Waals surface area (Å²) >= 11 is 3.33. The molecule has 0 saturated heterocycles. The van der Waals surface area contributed by atoms with Crippen molar-refractivity contribution in [3.8, 4) is 5.75 Å². The van der Waals surface area contributed by atoms with E-state index in [2.05, 4.69) is 20.9 Å². The van der Waals surface area contributed by atoms with Gasteiger partial charge in [-0.3, -0.25) is 9.78 Å². The van der Waals surface area contributed by atoms with Gasteiger partial charge in [0.25, 0.3) is 5.91 Å². The number of nitrogen functional groups attached to an aromatic ring is 1. The van der Waals surface area contributed by atoms with Gasteiger partial charge in [0.05, 0.1) is 5.56 Å². The third kappa shape index (κ3) is 3.45. The lowest BCUT2D eigenvalue weighted by Gasteiger charge is -2.10. The molecule has 1 amide bonds. The zero-order valence-corrected chi connectivity index (χ0v) is 11.6. The first kappa shape index (κ1) is 13.4. The van der Waals surface area contributed by atoms with Crippen LogP contribution in [-0.4, -0.2) is 10.9 Å². The Morgan fingerprint density at radius 3 is 2.79 bits per heavy atom. The van der Waals surface area contributed by atoms with Gasteiger partial charge in [-0.15, -0.1) is 0 Å². The first-order valence-electron chi connectivity index (χ1n) is 5.48. The molecule has 0 spiro atoms. The van der Waals surface area contributed by atoms with Crippen molar-refractivity contribution in [1.82, 2.24) is 4.98 Å². The molecule has 4 N–H and O–H groups in total. The number of nitrogens with zero attached hydrogens (tertiary/aromatic N) is 1. The van der Waals surface area contributed by atoms with Crippen LogP contribution in [0.15, 0.2) is 41.1 Å². The van der Waals surface area contributed by atoms with Crippen molar-refractivity contribution < 1.29 is 9.53 Å². The monoisotopic (exact) mass is 321 g/mol. The maximum atomic E-state index is 11.3. The molecule has 0 atom stereocenters. The fourth-order valence-electron chi connectivity index (χ4n) is 1.56. The molecule has 19 heavy (non-hydrogen) atoms. The molecular formula is C13H12BrN3O2. The number of aromatic nitrogens is 1. The van der Waals surface area contributed by atoms with Gasteiger partial charge in [-0.05, 0) is 34.1 Å². The molecule has 0 aliphatic heterocycles. The number of rotatable bonds is 4. The van der Waals surface area contributed by atoms with Crippen LogP contribution in [0.1, 0.15) is 15.9 Å². The van der Waals surface area contributed by atoms with Crippen LogP contribution in [0.25, 0.3) is 0 Å². The lowest BCUT2D eigenvalue weighted by Crippen LogP contribution is -2.13. The summed E-state index contributed by atoms with van der Waals surface area (Å²) in [7, 11) is 0. The minimum absolute atomic E-state index is 0.274. The number of anilines is 1. The van der Waals surface area contributed by atoms with Crippen molar-refractivity contribution in [2.45, 2.75) is 6.61 Å². The highest BCUT2D eigenvalue weighted by molar-refractivity contribution is 9.10. The van der Waals surface area contributed by atoms with Gasteiger partial charge in [0, 0.05) is 34.2 Å². The van der Waals surface area contributed by atoms with Crippen LogP contribution in [0.3, 0.4) is 0 Å². The van der Waals surface area contributed by atoms with Gasteiger partial charge < -0.3 is 16.2 Å². The van der Waals surface area contributed by atoms with Gasteiger partial charge in [-0.1, -0.05) is 0 Å². The average molecular weight is 322 g/mol. The molecule has 6 heteroatoms. The summed E-state index contributed by atoms with van der Waals surface area (Å²) in [6, 6.07) is 6.61. The lowest BCUT2D eigenvalue weighted by atomic mass is 10.1. The lowest BCUT2D eigenvalue weighted by molar-refractivity contribution is 0.0996. The van der Waals surface area contributed by atoms with Gasteiger partial charge in [0.1, 0.15) is 12.4 Å². The molecule has 5 nitrogen and oxygen atoms in total. The third-order valence-corrected chi connectivity index (χ3v) is 2.86. The zero-order valence-electron chi connectivity index (χ0n) is 9.97. The van der Waals surface area contributed by atoms with E-state index in [0.717, 1.165) is 10.0 Å². The number of hydrogen-bond acceptors (Lipinski definition) is 4. The highest BCUT2D eigenvalue weighted by atomic mass is 79.9. The second kappa shape index (κ2) is 5.71. The summed E-state index contributed by atoms with van der Waals surface area (Å²) in [6.45, 7) is 0.274. The number of amides is 1. The number of primary amides is 1. The van der Waals surface area contributed by atoms with Gasteiger partial charge in [0.2, 0.25) is 0 Å². The molecule has 2 aromatic rings. The quantitative estimate of drug-likeness (QED) is 0.843. The van der Waals surface area contributed by atoms with Gasteiger partial charge >= 0.3 is 0 Å². The molecule has 1 aromatic carbocycles. The molecule has 0 aliphatic rings. The Hall–Kier alpha value is -2.08. The number of nitrogens with two attached hydrogens (primary N) is 2. The van der Waals surface area contributed by atoms with E-state index < -0.39 is 5.91 Å². The second-order valence-corrected chi connectivity index (χ2v) is 4.84. The molecule has 2 rings (SSSR count). The van der Waals surface area contributed by atoms with Crippen molar-refractivity contribution >= 4 is 27.5 Å². The molecule has 98 valence electrons. The van der Waals surface area contributed by atoms with E-state index in [1.54, 1.807) is 30.6 Å². The van der Waals surface area contributed by atoms with E-state index >= 15 is 0 Å². The van der Waals surface area contributed by atoms with Crippen molar-refractivity contribution in [2.24, 2.45) is 5.73 Å². The first-order valence-corrected chi connectivity index (χ1v) is 6.27. The van der Waals surface area contributed by atoms with E-state index in [0.29, 0.717) is 17.0 Å². The Balaban J connectivity index is 2.19. The largest absolute Gasteiger partial charge is 0.488 e. The number of pyridine rings is 1. The number of ether oxygens (including phenoxy) is 1. The van der Waals surface area contributed by atoms with E-state index in [-0.39, 0.29) is 6.61 Å². The molecule has 0 radical (unpaired) electrons. The normalized spacial score (nSPS) is 10.2. The molecule has 0 fully saturated rings. The standard InChI is InChI=1S/C13H12BrN3O2/c14-9-3-8(5-17-6-9)7-19-12-4-10(15)1-2-11(12)13(16)18/h1-6H,7,15H2,(H2,16,18). The van der Waals surface area contributed by atoms with Crippen molar-refractivity contribution in [1.29, 1.82) is 0 Å². The molecular weight excluding hydrogens is 310 g/mol. The fourth-order valence-corrected chi connectivity index (χ4v) is 1.97. The number of carbonyl (C=O) groups is 1. The third-order valence-electron chi connectivity index (χ3n) is 2.43. The summed E-state index contributed by atoms with van der Waals surface area (Å²) in [5, 5.41) is 0. The van der Waals surface area contributed by atoms with E-state index in [1.165, 1.54) is 0 Å². The maximum Gasteiger partial charge on any atom is 0.252 e. The predicted octanol–water partition coefficient (Wildman–Crippen LogP) is 2.10. The minimum Gasteiger partial charge on any atom is -0.488 e. The van der Waals surface area contributed by atoms with Crippen LogP contribution >= 0.6 is 15.9 Å². The van der Waals surface area contributed by atoms with Crippen LogP contribution in [0.5, 0.6) is 5.75 Å². The summed E-state index contributed by atoms with van der Waals surface area (Å²) in [4.78, 5) is 15.3. The number of benzene rings is 1. The second-order valence-electron chi connectivity index (χ2n) is 3.92. The molecule has 1 heterocycles. The first-order chi connectivity index (χ1) is 9.06. The van der Waals surface area contributed by atoms with Crippen molar-refractivity contribution in [3.05, 3.63) is 52.3 Å². The Morgan fingerprint density at radius 1 is 1.32 bits per heavy atom. The van der Waals surface area contributed by atoms with Crippen molar-refractivity contribution in [2.75, 3.05) is 5.73 Å². The molecule has 0 unspecified atom stereocenters. The van der Waals surface area contributed by atoms with Crippen LogP contribution < -0.4 is 16.2 Å². The highest BCUT2D eigenvalue weighted by Crippen LogP contribution is 2.22. The summed E-state index contributed by atoms with van der Waals surface area (Å²) in [5.41, 5.74) is 12.6. The highest BCUT2D eigenvalue weighted by Gasteiger charge is 2.10. The predicted molar refractivity (Wildman–Crippen MR) is 75.6 cm³/mol. The van der Waals surface area contributed by atoms with Crippen LogP contribution in [0, 0.1) is 0 Å². The Bertz CT molecular complexity index is 617. The number of hydrogen-bond donors (Lipinski definition) is 2. The Kier molecular flexibility index (Phi) is 4.01. The Morgan fingerprint density at radius 2 is 2.11 bits per heavy atom. The SMILES string of the molecule is NC(=O)c1ccc(N)cc1OCc1cncc(Br)c1. The Labute approximate surface area is 118 Å². The average Bonchev–Trinajstić information content (AvgIpc) is 2.36. The van der Waals surface area contributed by atoms with Gasteiger partial charge in [-0.25, -0.2) is 0 Å². The van der Waals surface area contributed by atoms with E-state index in [9.17, 15) is 4.79 Å². The van der Waals surface area contributed by atoms with Crippen LogP contribution in [0.2, 0.25) is 0 Å². The number of halogens is 1. The van der Waals surface area contributed by atoms with Crippen LogP contribution in [0.4, 0.5) is 5.69 Å². The summed E-state index contributed by atoms with van der Waals surface area (Å²) in [5.74, 6) is -0.185. The number of carbonyl (C=O) groups excluding carboxylic acids is 1. The topological polar surface area (TPSA) is 91.2 Å². The van der Waals surface area contributed by atoms with Gasteiger partial charge in [-0.2, -0.15) is 0 Å². The molecule has 0 saturated carbocycles. The van der Waals surface area contributed by atoms with Crippen LogP contribution in [-0.2, 0) is 6.61 Å². The van der Waals surface area contributed by atoms with Crippen molar-refractivity contribution in [3.63, 3.8) is 0 Å².